The fourth-order valence-corrected chi connectivity index (χ4v) is 4.66. The number of pyridine rings is 1. The van der Waals surface area contributed by atoms with E-state index >= 15 is 0 Å². The summed E-state index contributed by atoms with van der Waals surface area (Å²) in [7, 11) is -2.69. The highest BCUT2D eigenvalue weighted by Gasteiger charge is 2.48. The number of anilines is 1. The maximum absolute atomic E-state index is 14.6. The molecule has 1 fully saturated rings. The number of urea groups is 1. The van der Waals surface area contributed by atoms with Crippen molar-refractivity contribution in [2.75, 3.05) is 24.9 Å². The first-order valence-corrected chi connectivity index (χ1v) is 12.9. The molecule has 0 bridgehead atoms. The van der Waals surface area contributed by atoms with Gasteiger partial charge in [-0.25, -0.2) is 14.2 Å². The molecule has 0 saturated heterocycles. The van der Waals surface area contributed by atoms with Crippen LogP contribution in [0.25, 0.3) is 0 Å². The molecule has 2 amide bonds. The molecule has 8 nitrogen and oxygen atoms in total. The van der Waals surface area contributed by atoms with Gasteiger partial charge in [-0.2, -0.15) is 5.26 Å². The van der Waals surface area contributed by atoms with E-state index in [1.54, 1.807) is 20.3 Å². The lowest BCUT2D eigenvalue weighted by Crippen LogP contribution is -2.38. The summed E-state index contributed by atoms with van der Waals surface area (Å²) in [6.45, 7) is 4.74. The first-order valence-electron chi connectivity index (χ1n) is 10.1. The summed E-state index contributed by atoms with van der Waals surface area (Å²) < 4.78 is 27.1. The molecular formula is C22H24FN4O4P. The van der Waals surface area contributed by atoms with Crippen LogP contribution in [0.5, 0.6) is 5.75 Å². The van der Waals surface area contributed by atoms with Crippen molar-refractivity contribution in [2.45, 2.75) is 31.7 Å². The average molecular weight is 458 g/mol. The quantitative estimate of drug-likeness (QED) is 0.469. The van der Waals surface area contributed by atoms with Crippen LogP contribution in [0.15, 0.2) is 30.5 Å². The monoisotopic (exact) mass is 458 g/mol. The number of nitriles is 1. The molecule has 1 heterocycles. The van der Waals surface area contributed by atoms with Crippen molar-refractivity contribution in [3.05, 3.63) is 53.0 Å². The molecular weight excluding hydrogens is 434 g/mol. The molecule has 3 rings (SSSR count). The van der Waals surface area contributed by atoms with Gasteiger partial charge in [0.25, 0.3) is 0 Å². The van der Waals surface area contributed by atoms with Crippen molar-refractivity contribution in [2.24, 2.45) is 0 Å². The zero-order chi connectivity index (χ0) is 23.6. The molecule has 1 aliphatic carbocycles. The van der Waals surface area contributed by atoms with Crippen molar-refractivity contribution in [1.29, 1.82) is 5.26 Å². The van der Waals surface area contributed by atoms with Crippen molar-refractivity contribution < 1.29 is 23.7 Å². The van der Waals surface area contributed by atoms with Crippen LogP contribution < -0.4 is 5.32 Å². The predicted molar refractivity (Wildman–Crippen MR) is 118 cm³/mol. The largest absolute Gasteiger partial charge is 0.507 e. The Balaban J connectivity index is 1.87. The topological polar surface area (TPSA) is 123 Å². The van der Waals surface area contributed by atoms with Gasteiger partial charge >= 0.3 is 6.03 Å². The summed E-state index contributed by atoms with van der Waals surface area (Å²) >= 11 is 0. The Labute approximate surface area is 185 Å². The number of halogens is 1. The average Bonchev–Trinajstić information content (AvgIpc) is 3.51. The molecule has 0 radical (unpaired) electrons. The van der Waals surface area contributed by atoms with Crippen molar-refractivity contribution >= 4 is 24.8 Å². The highest BCUT2D eigenvalue weighted by atomic mass is 31.2. The summed E-state index contributed by atoms with van der Waals surface area (Å²) in [6, 6.07) is 6.23. The first-order chi connectivity index (χ1) is 15.1. The van der Waals surface area contributed by atoms with Crippen LogP contribution in [0.2, 0.25) is 0 Å². The minimum absolute atomic E-state index is 0.00867. The Morgan fingerprint density at radius 3 is 2.62 bits per heavy atom. The molecule has 2 atom stereocenters. The molecule has 1 aromatic heterocycles. The zero-order valence-electron chi connectivity index (χ0n) is 18.0. The third-order valence-corrected chi connectivity index (χ3v) is 6.18. The standard InChI is InChI=1S/C22H24FN4O4P/c1-4-18(28)14-6-7-16(23)20(21(14)29)15-9-17(15)27(12-32(2,3)31)22(30)26-19-8-5-13(10-24)11-25-19/h5-8,11,15,17,29H,4,9,12H2,1-3H3,(H,25,26,30)/t15-,17+/m1/s1. The number of phenolic OH excluding ortho intramolecular Hbond substituents is 1. The summed E-state index contributed by atoms with van der Waals surface area (Å²) in [5.41, 5.74) is 0.371. The number of nitrogens with one attached hydrogen (secondary N) is 1. The van der Waals surface area contributed by atoms with E-state index < -0.39 is 36.7 Å². The highest BCUT2D eigenvalue weighted by molar-refractivity contribution is 7.62. The predicted octanol–water partition coefficient (Wildman–Crippen LogP) is 4.36. The van der Waals surface area contributed by atoms with E-state index in [-0.39, 0.29) is 35.4 Å². The molecule has 1 aliphatic rings. The number of amides is 2. The fraction of sp³-hybridized carbons (Fsp3) is 0.364. The van der Waals surface area contributed by atoms with Crippen molar-refractivity contribution in [3.8, 4) is 11.8 Å². The maximum atomic E-state index is 14.6. The number of hydrogen-bond acceptors (Lipinski definition) is 6. The van der Waals surface area contributed by atoms with Gasteiger partial charge in [-0.1, -0.05) is 6.92 Å². The van der Waals surface area contributed by atoms with Gasteiger partial charge in [0, 0.05) is 30.1 Å². The molecule has 10 heteroatoms. The van der Waals surface area contributed by atoms with E-state index in [1.807, 2.05) is 6.07 Å². The first kappa shape index (κ1) is 23.4. The van der Waals surface area contributed by atoms with Crippen LogP contribution in [0.1, 0.15) is 47.2 Å². The maximum Gasteiger partial charge on any atom is 0.323 e. The van der Waals surface area contributed by atoms with Gasteiger partial charge in [0.15, 0.2) is 5.78 Å². The van der Waals surface area contributed by atoms with E-state index in [0.717, 1.165) is 6.07 Å². The molecule has 2 aromatic rings. The van der Waals surface area contributed by atoms with E-state index in [0.29, 0.717) is 12.0 Å². The second-order valence-electron chi connectivity index (χ2n) is 8.20. The third kappa shape index (κ3) is 5.14. The Morgan fingerprint density at radius 1 is 1.34 bits per heavy atom. The van der Waals surface area contributed by atoms with Crippen LogP contribution in [0, 0.1) is 17.1 Å². The number of aromatic nitrogens is 1. The minimum atomic E-state index is -2.69. The number of carbonyl (C=O) groups excluding carboxylic acids is 2. The van der Waals surface area contributed by atoms with Crippen LogP contribution in [-0.4, -0.2) is 52.5 Å². The van der Waals surface area contributed by atoms with E-state index in [4.69, 9.17) is 5.26 Å². The van der Waals surface area contributed by atoms with Gasteiger partial charge in [-0.05, 0) is 44.0 Å². The summed E-state index contributed by atoms with van der Waals surface area (Å²) in [5, 5.41) is 22.0. The van der Waals surface area contributed by atoms with Gasteiger partial charge in [0.1, 0.15) is 30.6 Å². The van der Waals surface area contributed by atoms with E-state index in [2.05, 4.69) is 10.3 Å². The van der Waals surface area contributed by atoms with Crippen molar-refractivity contribution in [1.82, 2.24) is 9.88 Å². The van der Waals surface area contributed by atoms with Crippen LogP contribution in [0.4, 0.5) is 15.0 Å². The lowest BCUT2D eigenvalue weighted by molar-refractivity contribution is 0.0985. The SMILES string of the molecule is CCC(=O)c1ccc(F)c([C@@H]2C[C@@H]2N(CP(C)(C)=O)C(=O)Nc2ccc(C#N)cn2)c1O. The number of rotatable bonds is 7. The van der Waals surface area contributed by atoms with Gasteiger partial charge in [0.2, 0.25) is 0 Å². The zero-order valence-corrected chi connectivity index (χ0v) is 18.9. The highest BCUT2D eigenvalue weighted by Crippen LogP contribution is 2.52. The number of hydrogen-bond donors (Lipinski definition) is 2. The van der Waals surface area contributed by atoms with E-state index in [1.165, 1.54) is 29.3 Å². The Morgan fingerprint density at radius 2 is 2.06 bits per heavy atom. The van der Waals surface area contributed by atoms with Crippen LogP contribution in [0.3, 0.4) is 0 Å². The Kier molecular flexibility index (Phi) is 6.65. The third-order valence-electron chi connectivity index (χ3n) is 5.19. The van der Waals surface area contributed by atoms with Gasteiger partial charge in [-0.15, -0.1) is 0 Å². The van der Waals surface area contributed by atoms with Gasteiger partial charge < -0.3 is 14.6 Å². The second kappa shape index (κ2) is 9.09. The molecule has 0 aliphatic heterocycles. The number of aromatic hydroxyl groups is 1. The van der Waals surface area contributed by atoms with Crippen molar-refractivity contribution in [3.63, 3.8) is 0 Å². The molecule has 2 N–H and O–H groups in total. The number of carbonyl (C=O) groups is 2. The molecule has 1 aromatic carbocycles. The molecule has 168 valence electrons. The Hall–Kier alpha value is -3.24. The second-order valence-corrected chi connectivity index (χ2v) is 11.6. The summed E-state index contributed by atoms with van der Waals surface area (Å²) in [4.78, 5) is 30.4. The lowest BCUT2D eigenvalue weighted by atomic mass is 10.00. The number of ketones is 1. The normalized spacial score (nSPS) is 17.3. The lowest BCUT2D eigenvalue weighted by Gasteiger charge is -2.25. The Bertz CT molecular complexity index is 1140. The molecule has 0 unspecified atom stereocenters. The molecule has 0 spiro atoms. The number of phenols is 1. The van der Waals surface area contributed by atoms with Crippen LogP contribution in [-0.2, 0) is 4.57 Å². The number of Topliss-reactive ketones (excluding diaryl/α,β-unsaturated/α-hetero) is 1. The van der Waals surface area contributed by atoms with Gasteiger partial charge in [0.05, 0.1) is 17.4 Å². The van der Waals surface area contributed by atoms with Gasteiger partial charge in [-0.3, -0.25) is 10.1 Å². The van der Waals surface area contributed by atoms with E-state index in [9.17, 15) is 23.7 Å². The number of benzene rings is 1. The minimum Gasteiger partial charge on any atom is -0.507 e. The smallest absolute Gasteiger partial charge is 0.323 e. The fourth-order valence-electron chi connectivity index (χ4n) is 3.59. The van der Waals surface area contributed by atoms with Crippen LogP contribution >= 0.6 is 7.14 Å². The summed E-state index contributed by atoms with van der Waals surface area (Å²) in [5.74, 6) is -1.70. The summed E-state index contributed by atoms with van der Waals surface area (Å²) in [6.07, 6.45) is 1.77. The molecule has 32 heavy (non-hydrogen) atoms. The number of nitrogens with zero attached hydrogens (tertiary/aromatic N) is 3. The molecule has 1 saturated carbocycles.